The van der Waals surface area contributed by atoms with E-state index in [1.807, 2.05) is 0 Å². The first-order valence-electron chi connectivity index (χ1n) is 12.4. The Morgan fingerprint density at radius 1 is 0.943 bits per heavy atom. The molecule has 188 valence electrons. The van der Waals surface area contributed by atoms with Gasteiger partial charge >= 0.3 is 0 Å². The normalized spacial score (nSPS) is 20.9. The van der Waals surface area contributed by atoms with Crippen LogP contribution >= 0.6 is 11.6 Å². The molecule has 0 spiro atoms. The maximum atomic E-state index is 13.9. The van der Waals surface area contributed by atoms with Gasteiger partial charge in [-0.3, -0.25) is 9.59 Å². The molecule has 4 rings (SSSR count). The second-order valence-electron chi connectivity index (χ2n) is 9.74. The lowest BCUT2D eigenvalue weighted by Gasteiger charge is -2.38. The van der Waals surface area contributed by atoms with Crippen LogP contribution in [0.5, 0.6) is 0 Å². The van der Waals surface area contributed by atoms with Crippen LogP contribution in [0.25, 0.3) is 0 Å². The minimum atomic E-state index is -0.813. The first-order valence-corrected chi connectivity index (χ1v) is 12.8. The Kier molecular flexibility index (Phi) is 8.39. The van der Waals surface area contributed by atoms with Crippen LogP contribution in [-0.4, -0.2) is 28.8 Å². The summed E-state index contributed by atoms with van der Waals surface area (Å²) in [6, 6.07) is 7.47. The molecule has 0 bridgehead atoms. The molecular formula is C27H32ClF2N3O2. The molecule has 2 fully saturated rings. The van der Waals surface area contributed by atoms with Crippen LogP contribution in [0.4, 0.5) is 14.5 Å². The zero-order valence-corrected chi connectivity index (χ0v) is 20.5. The van der Waals surface area contributed by atoms with E-state index in [1.54, 1.807) is 23.1 Å². The Morgan fingerprint density at radius 3 is 2.29 bits per heavy atom. The van der Waals surface area contributed by atoms with E-state index in [0.717, 1.165) is 69.6 Å². The van der Waals surface area contributed by atoms with Gasteiger partial charge in [-0.2, -0.15) is 0 Å². The standard InChI is InChI=1S/C27H32ClF2N3O2/c28-23-11-10-22(32-26(34)17-6-2-1-3-7-17)14-19(23)16-33(25-9-5-4-8-24(25)31)27(35)18-12-20(29)15-21(30)13-18/h10-15,17,24-25H,1-9,16,31H2,(H,32,34). The highest BCUT2D eigenvalue weighted by molar-refractivity contribution is 6.31. The molecule has 2 unspecified atom stereocenters. The van der Waals surface area contributed by atoms with Crippen LogP contribution < -0.4 is 11.1 Å². The van der Waals surface area contributed by atoms with Crippen molar-refractivity contribution < 1.29 is 18.4 Å². The predicted octanol–water partition coefficient (Wildman–Crippen LogP) is 6.05. The number of amides is 2. The summed E-state index contributed by atoms with van der Waals surface area (Å²) in [6.07, 6.45) is 8.39. The average molecular weight is 504 g/mol. The largest absolute Gasteiger partial charge is 0.330 e. The molecule has 2 aliphatic rings. The van der Waals surface area contributed by atoms with E-state index in [1.165, 1.54) is 0 Å². The lowest BCUT2D eigenvalue weighted by molar-refractivity contribution is -0.120. The highest BCUT2D eigenvalue weighted by Crippen LogP contribution is 2.30. The van der Waals surface area contributed by atoms with Crippen molar-refractivity contribution in [1.82, 2.24) is 4.90 Å². The Balaban J connectivity index is 1.60. The van der Waals surface area contributed by atoms with Crippen molar-refractivity contribution in [2.24, 2.45) is 11.7 Å². The molecular weight excluding hydrogens is 472 g/mol. The lowest BCUT2D eigenvalue weighted by atomic mass is 9.88. The maximum Gasteiger partial charge on any atom is 0.254 e. The number of rotatable bonds is 6. The third-order valence-electron chi connectivity index (χ3n) is 7.18. The summed E-state index contributed by atoms with van der Waals surface area (Å²) in [5.41, 5.74) is 7.57. The average Bonchev–Trinajstić information content (AvgIpc) is 2.84. The monoisotopic (exact) mass is 503 g/mol. The predicted molar refractivity (Wildman–Crippen MR) is 133 cm³/mol. The smallest absolute Gasteiger partial charge is 0.254 e. The van der Waals surface area contributed by atoms with E-state index >= 15 is 0 Å². The third kappa shape index (κ3) is 6.39. The quantitative estimate of drug-likeness (QED) is 0.504. The number of nitrogens with zero attached hydrogens (tertiary/aromatic N) is 1. The van der Waals surface area contributed by atoms with Crippen molar-refractivity contribution in [2.45, 2.75) is 76.4 Å². The van der Waals surface area contributed by atoms with Crippen LogP contribution in [0.1, 0.15) is 73.7 Å². The van der Waals surface area contributed by atoms with Gasteiger partial charge < -0.3 is 16.0 Å². The number of benzene rings is 2. The lowest BCUT2D eigenvalue weighted by Crippen LogP contribution is -2.51. The Morgan fingerprint density at radius 2 is 1.60 bits per heavy atom. The fourth-order valence-electron chi connectivity index (χ4n) is 5.28. The van der Waals surface area contributed by atoms with Crippen LogP contribution in [0.2, 0.25) is 5.02 Å². The van der Waals surface area contributed by atoms with Gasteiger partial charge in [-0.25, -0.2) is 8.78 Å². The molecule has 8 heteroatoms. The number of anilines is 1. The van der Waals surface area contributed by atoms with Crippen LogP contribution in [-0.2, 0) is 11.3 Å². The van der Waals surface area contributed by atoms with E-state index in [-0.39, 0.29) is 36.0 Å². The molecule has 0 heterocycles. The van der Waals surface area contributed by atoms with E-state index in [9.17, 15) is 18.4 Å². The van der Waals surface area contributed by atoms with Crippen molar-refractivity contribution in [3.63, 3.8) is 0 Å². The molecule has 5 nitrogen and oxygen atoms in total. The minimum absolute atomic E-state index is 0.00376. The van der Waals surface area contributed by atoms with Gasteiger partial charge in [0.25, 0.3) is 5.91 Å². The van der Waals surface area contributed by atoms with Gasteiger partial charge in [0.15, 0.2) is 0 Å². The van der Waals surface area contributed by atoms with Crippen molar-refractivity contribution >= 4 is 29.1 Å². The summed E-state index contributed by atoms with van der Waals surface area (Å²) < 4.78 is 27.8. The minimum Gasteiger partial charge on any atom is -0.330 e. The molecule has 2 saturated carbocycles. The molecule has 3 N–H and O–H groups in total. The van der Waals surface area contributed by atoms with Gasteiger partial charge in [-0.05, 0) is 61.6 Å². The van der Waals surface area contributed by atoms with Gasteiger partial charge in [0.1, 0.15) is 11.6 Å². The van der Waals surface area contributed by atoms with Crippen molar-refractivity contribution in [3.05, 3.63) is 64.2 Å². The molecule has 0 radical (unpaired) electrons. The van der Waals surface area contributed by atoms with Gasteiger partial charge in [0, 0.05) is 46.9 Å². The van der Waals surface area contributed by atoms with Crippen LogP contribution in [0.15, 0.2) is 36.4 Å². The van der Waals surface area contributed by atoms with E-state index in [2.05, 4.69) is 5.32 Å². The molecule has 0 aromatic heterocycles. The van der Waals surface area contributed by atoms with E-state index < -0.39 is 17.5 Å². The number of nitrogens with one attached hydrogen (secondary N) is 1. The number of halogens is 3. The molecule has 0 aliphatic heterocycles. The molecule has 2 aromatic rings. The number of nitrogens with two attached hydrogens (primary N) is 1. The third-order valence-corrected chi connectivity index (χ3v) is 7.55. The van der Waals surface area contributed by atoms with Crippen molar-refractivity contribution in [2.75, 3.05) is 5.32 Å². The number of hydrogen-bond donors (Lipinski definition) is 2. The summed E-state index contributed by atoms with van der Waals surface area (Å²) in [4.78, 5) is 27.8. The molecule has 35 heavy (non-hydrogen) atoms. The Bertz CT molecular complexity index is 1050. The van der Waals surface area contributed by atoms with Crippen LogP contribution in [0, 0.1) is 17.6 Å². The number of carbonyl (C=O) groups is 2. The van der Waals surface area contributed by atoms with Crippen LogP contribution in [0.3, 0.4) is 0 Å². The molecule has 2 atom stereocenters. The Labute approximate surface area is 210 Å². The van der Waals surface area contributed by atoms with Gasteiger partial charge in [0.05, 0.1) is 0 Å². The maximum absolute atomic E-state index is 13.9. The van der Waals surface area contributed by atoms with E-state index in [4.69, 9.17) is 17.3 Å². The second-order valence-corrected chi connectivity index (χ2v) is 10.1. The molecule has 2 aliphatic carbocycles. The zero-order valence-electron chi connectivity index (χ0n) is 19.7. The summed E-state index contributed by atoms with van der Waals surface area (Å²) in [5, 5.41) is 3.43. The van der Waals surface area contributed by atoms with Crippen molar-refractivity contribution in [1.29, 1.82) is 0 Å². The summed E-state index contributed by atoms with van der Waals surface area (Å²) in [6.45, 7) is 0.112. The summed E-state index contributed by atoms with van der Waals surface area (Å²) in [5.74, 6) is -2.13. The van der Waals surface area contributed by atoms with E-state index in [0.29, 0.717) is 22.7 Å². The van der Waals surface area contributed by atoms with Gasteiger partial charge in [-0.1, -0.05) is 43.7 Å². The Hall–Kier alpha value is -2.51. The molecule has 2 amide bonds. The summed E-state index contributed by atoms with van der Waals surface area (Å²) in [7, 11) is 0. The first kappa shape index (κ1) is 25.6. The second kappa shape index (κ2) is 11.5. The molecule has 0 saturated heterocycles. The first-order chi connectivity index (χ1) is 16.8. The number of carbonyl (C=O) groups excluding carboxylic acids is 2. The fraction of sp³-hybridized carbons (Fsp3) is 0.481. The highest BCUT2D eigenvalue weighted by atomic mass is 35.5. The molecule has 2 aromatic carbocycles. The van der Waals surface area contributed by atoms with Gasteiger partial charge in [0.2, 0.25) is 5.91 Å². The number of hydrogen-bond acceptors (Lipinski definition) is 3. The van der Waals surface area contributed by atoms with Gasteiger partial charge in [-0.15, -0.1) is 0 Å². The SMILES string of the molecule is NC1CCCCC1N(Cc1cc(NC(=O)C2CCCCC2)ccc1Cl)C(=O)c1cc(F)cc(F)c1. The fourth-order valence-corrected chi connectivity index (χ4v) is 5.45. The van der Waals surface area contributed by atoms with Crippen molar-refractivity contribution in [3.8, 4) is 0 Å². The summed E-state index contributed by atoms with van der Waals surface area (Å²) >= 11 is 6.50. The highest BCUT2D eigenvalue weighted by Gasteiger charge is 2.32. The zero-order chi connectivity index (χ0) is 24.9. The topological polar surface area (TPSA) is 75.4 Å².